The van der Waals surface area contributed by atoms with Crippen molar-refractivity contribution in [2.75, 3.05) is 6.54 Å². The summed E-state index contributed by atoms with van der Waals surface area (Å²) in [5, 5.41) is 15.2. The van der Waals surface area contributed by atoms with Gasteiger partial charge < -0.3 is 20.5 Å². The van der Waals surface area contributed by atoms with Crippen LogP contribution in [0.4, 0.5) is 4.79 Å². The van der Waals surface area contributed by atoms with Gasteiger partial charge in [-0.3, -0.25) is 4.79 Å². The molecule has 1 rings (SSSR count). The number of rotatable bonds is 4. The molecule has 0 radical (unpaired) electrons. The Morgan fingerprint density at radius 3 is 2.47 bits per heavy atom. The van der Waals surface area contributed by atoms with Crippen molar-refractivity contribution in [2.24, 2.45) is 0 Å². The minimum atomic E-state index is -0.956. The first kappa shape index (κ1) is 15.9. The molecular formula is C13H24N2O4. The van der Waals surface area contributed by atoms with Gasteiger partial charge in [0.1, 0.15) is 11.6 Å². The van der Waals surface area contributed by atoms with Crippen molar-refractivity contribution < 1.29 is 19.4 Å². The second-order valence-electron chi connectivity index (χ2n) is 5.92. The molecule has 3 atom stereocenters. The normalized spacial score (nSPS) is 22.7. The SMILES string of the molecule is C[C@@H](O)[C@H](NC(=O)OC(C)(C)C)C(=O)C1CCCN1. The van der Waals surface area contributed by atoms with Crippen LogP contribution >= 0.6 is 0 Å². The predicted molar refractivity (Wildman–Crippen MR) is 70.9 cm³/mol. The van der Waals surface area contributed by atoms with Crippen molar-refractivity contribution in [2.45, 2.75) is 64.3 Å². The zero-order chi connectivity index (χ0) is 14.6. The van der Waals surface area contributed by atoms with Gasteiger partial charge in [-0.25, -0.2) is 4.79 Å². The summed E-state index contributed by atoms with van der Waals surface area (Å²) in [7, 11) is 0. The van der Waals surface area contributed by atoms with Crippen LogP contribution in [-0.4, -0.2) is 47.3 Å². The molecule has 1 fully saturated rings. The number of ether oxygens (including phenoxy) is 1. The van der Waals surface area contributed by atoms with E-state index in [4.69, 9.17) is 4.74 Å². The van der Waals surface area contributed by atoms with E-state index in [2.05, 4.69) is 10.6 Å². The lowest BCUT2D eigenvalue weighted by Crippen LogP contribution is -2.54. The van der Waals surface area contributed by atoms with E-state index in [-0.39, 0.29) is 11.8 Å². The van der Waals surface area contributed by atoms with Crippen LogP contribution in [0.5, 0.6) is 0 Å². The highest BCUT2D eigenvalue weighted by molar-refractivity contribution is 5.92. The molecule has 0 aliphatic carbocycles. The average Bonchev–Trinajstić information content (AvgIpc) is 2.75. The van der Waals surface area contributed by atoms with Crippen LogP contribution in [0.3, 0.4) is 0 Å². The van der Waals surface area contributed by atoms with Crippen LogP contribution in [0.1, 0.15) is 40.5 Å². The maximum Gasteiger partial charge on any atom is 0.408 e. The number of aliphatic hydroxyl groups excluding tert-OH is 1. The van der Waals surface area contributed by atoms with E-state index < -0.39 is 23.8 Å². The van der Waals surface area contributed by atoms with Crippen molar-refractivity contribution >= 4 is 11.9 Å². The monoisotopic (exact) mass is 272 g/mol. The number of alkyl carbamates (subject to hydrolysis) is 1. The van der Waals surface area contributed by atoms with E-state index in [0.717, 1.165) is 19.4 Å². The summed E-state index contributed by atoms with van der Waals surface area (Å²) in [5.74, 6) is -0.196. The molecule has 0 aromatic heterocycles. The van der Waals surface area contributed by atoms with Crippen molar-refractivity contribution in [1.29, 1.82) is 0 Å². The third-order valence-corrected chi connectivity index (χ3v) is 2.86. The minimum absolute atomic E-state index is 0.196. The molecule has 0 aromatic rings. The van der Waals surface area contributed by atoms with Crippen LogP contribution in [-0.2, 0) is 9.53 Å². The molecule has 0 bridgehead atoms. The van der Waals surface area contributed by atoms with E-state index in [1.165, 1.54) is 6.92 Å². The lowest BCUT2D eigenvalue weighted by atomic mass is 10.00. The summed E-state index contributed by atoms with van der Waals surface area (Å²) in [5.41, 5.74) is -0.637. The quantitative estimate of drug-likeness (QED) is 0.697. The van der Waals surface area contributed by atoms with Crippen molar-refractivity contribution in [3.63, 3.8) is 0 Å². The van der Waals surface area contributed by atoms with Gasteiger partial charge >= 0.3 is 6.09 Å². The maximum atomic E-state index is 12.2. The smallest absolute Gasteiger partial charge is 0.408 e. The fourth-order valence-corrected chi connectivity index (χ4v) is 2.01. The first-order chi connectivity index (χ1) is 8.70. The number of hydrogen-bond acceptors (Lipinski definition) is 5. The van der Waals surface area contributed by atoms with E-state index in [1.54, 1.807) is 20.8 Å². The number of hydrogen-bond donors (Lipinski definition) is 3. The summed E-state index contributed by atoms with van der Waals surface area (Å²) < 4.78 is 5.10. The second-order valence-corrected chi connectivity index (χ2v) is 5.92. The summed E-state index contributed by atoms with van der Waals surface area (Å²) >= 11 is 0. The Kier molecular flexibility index (Phi) is 5.31. The fraction of sp³-hybridized carbons (Fsp3) is 0.846. The van der Waals surface area contributed by atoms with Gasteiger partial charge in [-0.2, -0.15) is 0 Å². The van der Waals surface area contributed by atoms with Gasteiger partial charge in [0.2, 0.25) is 0 Å². The third-order valence-electron chi connectivity index (χ3n) is 2.86. The van der Waals surface area contributed by atoms with Gasteiger partial charge in [0, 0.05) is 0 Å². The molecule has 110 valence electrons. The molecule has 1 heterocycles. The van der Waals surface area contributed by atoms with E-state index >= 15 is 0 Å². The zero-order valence-electron chi connectivity index (χ0n) is 12.0. The van der Waals surface area contributed by atoms with Crippen molar-refractivity contribution in [3.05, 3.63) is 0 Å². The second kappa shape index (κ2) is 6.34. The standard InChI is InChI=1S/C13H24N2O4/c1-8(16)10(11(17)9-6-5-7-14-9)15-12(18)19-13(2,3)4/h8-10,14,16H,5-7H2,1-4H3,(H,15,18)/t8-,9?,10+/m1/s1. The van der Waals surface area contributed by atoms with Crippen LogP contribution in [0, 0.1) is 0 Å². The van der Waals surface area contributed by atoms with E-state index in [0.29, 0.717) is 0 Å². The molecule has 0 saturated carbocycles. The van der Waals surface area contributed by atoms with Crippen LogP contribution in [0.25, 0.3) is 0 Å². The number of ketones is 1. The number of carbonyl (C=O) groups excluding carboxylic acids is 2. The Hall–Kier alpha value is -1.14. The Bertz CT molecular complexity index is 330. The lowest BCUT2D eigenvalue weighted by Gasteiger charge is -2.26. The van der Waals surface area contributed by atoms with E-state index in [1.807, 2.05) is 0 Å². The third kappa shape index (κ3) is 5.16. The number of carbonyl (C=O) groups is 2. The first-order valence-electron chi connectivity index (χ1n) is 6.65. The van der Waals surface area contributed by atoms with Crippen molar-refractivity contribution in [3.8, 4) is 0 Å². The number of amides is 1. The molecule has 3 N–H and O–H groups in total. The highest BCUT2D eigenvalue weighted by Gasteiger charge is 2.33. The predicted octanol–water partition coefficient (Wildman–Crippen LogP) is 0.582. The molecule has 0 aromatic carbocycles. The van der Waals surface area contributed by atoms with Gasteiger partial charge in [0.15, 0.2) is 5.78 Å². The van der Waals surface area contributed by atoms with Crippen LogP contribution in [0.15, 0.2) is 0 Å². The molecule has 1 aliphatic heterocycles. The number of nitrogens with one attached hydrogen (secondary N) is 2. The molecule has 1 aliphatic rings. The van der Waals surface area contributed by atoms with Gasteiger partial charge in [0.25, 0.3) is 0 Å². The summed E-state index contributed by atoms with van der Waals surface area (Å²) in [6.07, 6.45) is 0.0140. The van der Waals surface area contributed by atoms with Crippen molar-refractivity contribution in [1.82, 2.24) is 10.6 Å². The molecule has 19 heavy (non-hydrogen) atoms. The summed E-state index contributed by atoms with van der Waals surface area (Å²) in [6.45, 7) is 7.49. The largest absolute Gasteiger partial charge is 0.444 e. The minimum Gasteiger partial charge on any atom is -0.444 e. The first-order valence-corrected chi connectivity index (χ1v) is 6.65. The molecule has 1 amide bonds. The zero-order valence-corrected chi connectivity index (χ0v) is 12.0. The van der Waals surface area contributed by atoms with E-state index in [9.17, 15) is 14.7 Å². The highest BCUT2D eigenvalue weighted by Crippen LogP contribution is 2.11. The molecular weight excluding hydrogens is 248 g/mol. The topological polar surface area (TPSA) is 87.7 Å². The van der Waals surface area contributed by atoms with Crippen LogP contribution in [0.2, 0.25) is 0 Å². The van der Waals surface area contributed by atoms with Gasteiger partial charge in [0.05, 0.1) is 12.1 Å². The Labute approximate surface area is 113 Å². The van der Waals surface area contributed by atoms with Gasteiger partial charge in [-0.1, -0.05) is 0 Å². The molecule has 6 heteroatoms. The Morgan fingerprint density at radius 1 is 1.42 bits per heavy atom. The van der Waals surface area contributed by atoms with Crippen LogP contribution < -0.4 is 10.6 Å². The molecule has 1 unspecified atom stereocenters. The maximum absolute atomic E-state index is 12.2. The molecule has 1 saturated heterocycles. The summed E-state index contributed by atoms with van der Waals surface area (Å²) in [4.78, 5) is 23.9. The highest BCUT2D eigenvalue weighted by atomic mass is 16.6. The summed E-state index contributed by atoms with van der Waals surface area (Å²) in [6, 6.07) is -1.24. The number of aliphatic hydroxyl groups is 1. The average molecular weight is 272 g/mol. The lowest BCUT2D eigenvalue weighted by molar-refractivity contribution is -0.125. The molecule has 0 spiro atoms. The molecule has 6 nitrogen and oxygen atoms in total. The van der Waals surface area contributed by atoms with Gasteiger partial charge in [-0.15, -0.1) is 0 Å². The van der Waals surface area contributed by atoms with Gasteiger partial charge in [-0.05, 0) is 47.1 Å². The Morgan fingerprint density at radius 2 is 2.05 bits per heavy atom. The Balaban J connectivity index is 2.62. The fourth-order valence-electron chi connectivity index (χ4n) is 2.01. The number of Topliss-reactive ketones (excluding diaryl/α,β-unsaturated/α-hetero) is 1.